The minimum absolute atomic E-state index is 0.650. The molecule has 0 spiro atoms. The van der Waals surface area contributed by atoms with E-state index < -0.39 is 0 Å². The molecule has 0 bridgehead atoms. The van der Waals surface area contributed by atoms with Crippen molar-refractivity contribution in [3.05, 3.63) is 30.6 Å². The van der Waals surface area contributed by atoms with Gasteiger partial charge in [-0.25, -0.2) is 4.98 Å². The highest BCUT2D eigenvalue weighted by atomic mass is 16.3. The second kappa shape index (κ2) is 1.98. The van der Waals surface area contributed by atoms with Crippen molar-refractivity contribution in [2.75, 3.05) is 0 Å². The van der Waals surface area contributed by atoms with E-state index in [2.05, 4.69) is 15.5 Å². The summed E-state index contributed by atoms with van der Waals surface area (Å²) in [5, 5.41) is 3.77. The fourth-order valence-corrected chi connectivity index (χ4v) is 0.706. The predicted molar refractivity (Wildman–Crippen MR) is 34.3 cm³/mol. The quantitative estimate of drug-likeness (QED) is 0.561. The van der Waals surface area contributed by atoms with Crippen LogP contribution in [-0.2, 0) is 0 Å². The van der Waals surface area contributed by atoms with Crippen LogP contribution in [0.3, 0.4) is 0 Å². The van der Waals surface area contributed by atoms with Gasteiger partial charge in [0.25, 0.3) is 0 Å². The van der Waals surface area contributed by atoms with Crippen LogP contribution in [0.2, 0.25) is 0 Å². The van der Waals surface area contributed by atoms with Gasteiger partial charge in [-0.1, -0.05) is 0 Å². The molecule has 0 fully saturated rings. The summed E-state index contributed by atoms with van der Waals surface area (Å²) in [6.07, 6.45) is 6.34. The summed E-state index contributed by atoms with van der Waals surface area (Å²) in [5.74, 6) is 0.650. The van der Waals surface area contributed by atoms with Crippen molar-refractivity contribution >= 4 is 5.71 Å². The maximum Gasteiger partial charge on any atom is 0.181 e. The van der Waals surface area contributed by atoms with E-state index in [1.165, 1.54) is 6.39 Å². The molecule has 2 heterocycles. The molecule has 4 nitrogen and oxygen atoms in total. The van der Waals surface area contributed by atoms with Crippen molar-refractivity contribution in [1.29, 1.82) is 0 Å². The third-order valence-corrected chi connectivity index (χ3v) is 1.15. The Bertz CT molecular complexity index is 273. The molecule has 1 aromatic rings. The van der Waals surface area contributed by atoms with Crippen LogP contribution in [0, 0.1) is 0 Å². The summed E-state index contributed by atoms with van der Waals surface area (Å²) in [6.45, 7) is 0. The van der Waals surface area contributed by atoms with E-state index in [4.69, 9.17) is 4.42 Å². The van der Waals surface area contributed by atoms with E-state index in [-0.39, 0.29) is 0 Å². The van der Waals surface area contributed by atoms with E-state index in [0.717, 1.165) is 5.71 Å². The molecule has 49 valence electrons. The van der Waals surface area contributed by atoms with Crippen molar-refractivity contribution in [2.45, 2.75) is 0 Å². The van der Waals surface area contributed by atoms with Crippen molar-refractivity contribution in [2.24, 2.45) is 5.10 Å². The molecule has 1 radical (unpaired) electrons. The van der Waals surface area contributed by atoms with Crippen LogP contribution >= 0.6 is 0 Å². The second-order valence-electron chi connectivity index (χ2n) is 1.78. The highest BCUT2D eigenvalue weighted by Gasteiger charge is 2.06. The fraction of sp³-hybridized carbons (Fsp3) is 0. The molecule has 0 N–H and O–H groups in total. The molecule has 1 aliphatic heterocycles. The van der Waals surface area contributed by atoms with E-state index in [1.807, 2.05) is 0 Å². The maximum atomic E-state index is 4.96. The Hall–Kier alpha value is -1.58. The molecule has 0 atom stereocenters. The molecule has 10 heavy (non-hydrogen) atoms. The minimum atomic E-state index is 0.650. The van der Waals surface area contributed by atoms with Crippen molar-refractivity contribution in [3.8, 4) is 0 Å². The van der Waals surface area contributed by atoms with Crippen LogP contribution in [0.25, 0.3) is 0 Å². The Morgan fingerprint density at radius 2 is 2.40 bits per heavy atom. The molecule has 4 heteroatoms. The summed E-state index contributed by atoms with van der Waals surface area (Å²) in [6, 6.07) is 0. The lowest BCUT2D eigenvalue weighted by atomic mass is 10.3. The standard InChI is InChI=1S/C6H4N3O/c1-2-8-9-5(1)6-3-7-4-10-6/h1-4H. The first-order valence-corrected chi connectivity index (χ1v) is 2.80. The van der Waals surface area contributed by atoms with Crippen molar-refractivity contribution in [1.82, 2.24) is 10.4 Å². The monoisotopic (exact) mass is 134 g/mol. The third kappa shape index (κ3) is 0.699. The average Bonchev–Trinajstić information content (AvgIpc) is 2.59. The number of hydrogen-bond donors (Lipinski definition) is 0. The van der Waals surface area contributed by atoms with Gasteiger partial charge in [-0.3, -0.25) is 0 Å². The molecule has 2 rings (SSSR count). The summed E-state index contributed by atoms with van der Waals surface area (Å²) in [4.78, 5) is 3.74. The van der Waals surface area contributed by atoms with Crippen LogP contribution in [0.5, 0.6) is 0 Å². The number of allylic oxidation sites excluding steroid dienone is 1. The summed E-state index contributed by atoms with van der Waals surface area (Å²) < 4.78 is 4.96. The Kier molecular flexibility index (Phi) is 1.04. The first kappa shape index (κ1) is 5.22. The van der Waals surface area contributed by atoms with Gasteiger partial charge in [-0.05, 0) is 6.08 Å². The van der Waals surface area contributed by atoms with Gasteiger partial charge in [-0.15, -0.1) is 5.10 Å². The van der Waals surface area contributed by atoms with Gasteiger partial charge in [0.1, 0.15) is 5.71 Å². The number of oxazole rings is 1. The Morgan fingerprint density at radius 1 is 1.40 bits per heavy atom. The number of hydrogen-bond acceptors (Lipinski definition) is 3. The second-order valence-corrected chi connectivity index (χ2v) is 1.78. The minimum Gasteiger partial charge on any atom is -0.442 e. The molecule has 0 aliphatic carbocycles. The van der Waals surface area contributed by atoms with Crippen LogP contribution < -0.4 is 5.43 Å². The predicted octanol–water partition coefficient (Wildman–Crippen LogP) is 0.510. The lowest BCUT2D eigenvalue weighted by Crippen LogP contribution is -1.90. The maximum absolute atomic E-state index is 4.96. The smallest absolute Gasteiger partial charge is 0.181 e. The van der Waals surface area contributed by atoms with Crippen molar-refractivity contribution in [3.63, 3.8) is 0 Å². The molecule has 0 aromatic carbocycles. The van der Waals surface area contributed by atoms with E-state index in [9.17, 15) is 0 Å². The van der Waals surface area contributed by atoms with E-state index in [1.54, 1.807) is 18.5 Å². The van der Waals surface area contributed by atoms with Crippen LogP contribution in [0.15, 0.2) is 34.4 Å². The Balaban J connectivity index is 2.36. The molecule has 1 aliphatic rings. The first-order valence-electron chi connectivity index (χ1n) is 2.80. The van der Waals surface area contributed by atoms with Crippen molar-refractivity contribution < 1.29 is 4.42 Å². The number of nitrogens with zero attached hydrogens (tertiary/aromatic N) is 3. The van der Waals surface area contributed by atoms with Crippen LogP contribution in [-0.4, -0.2) is 10.7 Å². The number of aromatic nitrogens is 1. The molecule has 0 saturated heterocycles. The zero-order chi connectivity index (χ0) is 6.81. The highest BCUT2D eigenvalue weighted by molar-refractivity contribution is 6.07. The van der Waals surface area contributed by atoms with Gasteiger partial charge >= 0.3 is 0 Å². The molecule has 0 unspecified atom stereocenters. The van der Waals surface area contributed by atoms with E-state index in [0.29, 0.717) is 5.76 Å². The van der Waals surface area contributed by atoms with Gasteiger partial charge in [0.05, 0.1) is 12.4 Å². The Morgan fingerprint density at radius 3 is 3.00 bits per heavy atom. The highest BCUT2D eigenvalue weighted by Crippen LogP contribution is 2.03. The summed E-state index contributed by atoms with van der Waals surface area (Å²) in [7, 11) is 0. The molecule has 0 amide bonds. The zero-order valence-corrected chi connectivity index (χ0v) is 5.06. The van der Waals surface area contributed by atoms with E-state index >= 15 is 0 Å². The fourth-order valence-electron chi connectivity index (χ4n) is 0.706. The number of rotatable bonds is 1. The molecule has 0 saturated carbocycles. The summed E-state index contributed by atoms with van der Waals surface area (Å²) >= 11 is 0. The largest absolute Gasteiger partial charge is 0.442 e. The molecular weight excluding hydrogens is 130 g/mol. The lowest BCUT2D eigenvalue weighted by Gasteiger charge is -1.84. The first-order chi connectivity index (χ1) is 4.97. The topological polar surface area (TPSA) is 52.5 Å². The third-order valence-electron chi connectivity index (χ3n) is 1.15. The van der Waals surface area contributed by atoms with Crippen LogP contribution in [0.4, 0.5) is 0 Å². The van der Waals surface area contributed by atoms with Gasteiger partial charge in [0, 0.05) is 0 Å². The lowest BCUT2D eigenvalue weighted by molar-refractivity contribution is 0.549. The van der Waals surface area contributed by atoms with Gasteiger partial charge < -0.3 is 4.42 Å². The zero-order valence-electron chi connectivity index (χ0n) is 5.06. The van der Waals surface area contributed by atoms with Gasteiger partial charge in [0.2, 0.25) is 0 Å². The average molecular weight is 134 g/mol. The summed E-state index contributed by atoms with van der Waals surface area (Å²) in [5.41, 5.74) is 4.36. The Labute approximate surface area is 57.3 Å². The van der Waals surface area contributed by atoms with Gasteiger partial charge in [-0.2, -0.15) is 5.43 Å². The molecule has 1 aromatic heterocycles. The molecular formula is C6H4N3O. The normalized spacial score (nSPS) is 15.0. The van der Waals surface area contributed by atoms with Gasteiger partial charge in [0.15, 0.2) is 12.2 Å². The van der Waals surface area contributed by atoms with Crippen LogP contribution in [0.1, 0.15) is 5.76 Å². The SMILES string of the molecule is C1=CC(c2cnco2)=N[N]1.